The first-order valence-corrected chi connectivity index (χ1v) is 5.15. The van der Waals surface area contributed by atoms with Crippen molar-refractivity contribution < 1.29 is 9.15 Å². The fourth-order valence-corrected chi connectivity index (χ4v) is 1.26. The molecule has 0 fully saturated rings. The SMILES string of the molecule is CC(C)Oc1nc(Cl)nc(-c2ccco2)n1. The highest BCUT2D eigenvalue weighted by Crippen LogP contribution is 2.19. The molecule has 16 heavy (non-hydrogen) atoms. The van der Waals surface area contributed by atoms with Crippen molar-refractivity contribution in [3.63, 3.8) is 0 Å². The Bertz CT molecular complexity index is 471. The van der Waals surface area contributed by atoms with E-state index >= 15 is 0 Å². The minimum Gasteiger partial charge on any atom is -0.461 e. The highest BCUT2D eigenvalue weighted by atomic mass is 35.5. The topological polar surface area (TPSA) is 61.0 Å². The number of furan rings is 1. The summed E-state index contributed by atoms with van der Waals surface area (Å²) in [5.74, 6) is 0.888. The summed E-state index contributed by atoms with van der Waals surface area (Å²) in [5.41, 5.74) is 0. The molecule has 0 aliphatic rings. The average Bonchev–Trinajstić information content (AvgIpc) is 2.67. The Kier molecular flexibility index (Phi) is 3.05. The van der Waals surface area contributed by atoms with Gasteiger partial charge < -0.3 is 9.15 Å². The van der Waals surface area contributed by atoms with Gasteiger partial charge in [0.05, 0.1) is 12.4 Å². The van der Waals surface area contributed by atoms with Crippen LogP contribution in [0.3, 0.4) is 0 Å². The first kappa shape index (κ1) is 10.9. The van der Waals surface area contributed by atoms with E-state index in [9.17, 15) is 0 Å². The third-order valence-electron chi connectivity index (χ3n) is 1.67. The predicted molar refractivity (Wildman–Crippen MR) is 58.3 cm³/mol. The lowest BCUT2D eigenvalue weighted by atomic mass is 10.4. The molecular weight excluding hydrogens is 230 g/mol. The molecule has 84 valence electrons. The van der Waals surface area contributed by atoms with E-state index in [4.69, 9.17) is 20.8 Å². The number of hydrogen-bond donors (Lipinski definition) is 0. The molecule has 0 saturated heterocycles. The molecule has 0 aliphatic heterocycles. The van der Waals surface area contributed by atoms with Crippen LogP contribution in [0.25, 0.3) is 11.6 Å². The Labute approximate surface area is 97.5 Å². The molecular formula is C10H10ClN3O2. The van der Waals surface area contributed by atoms with E-state index in [1.807, 2.05) is 13.8 Å². The van der Waals surface area contributed by atoms with Gasteiger partial charge in [0.1, 0.15) is 0 Å². The van der Waals surface area contributed by atoms with Gasteiger partial charge >= 0.3 is 6.01 Å². The lowest BCUT2D eigenvalue weighted by molar-refractivity contribution is 0.221. The highest BCUT2D eigenvalue weighted by molar-refractivity contribution is 6.28. The maximum atomic E-state index is 5.77. The summed E-state index contributed by atoms with van der Waals surface area (Å²) in [5, 5.41) is 0.0806. The van der Waals surface area contributed by atoms with Crippen LogP contribution in [0, 0.1) is 0 Å². The lowest BCUT2D eigenvalue weighted by Gasteiger charge is -2.07. The quantitative estimate of drug-likeness (QED) is 0.824. The third kappa shape index (κ3) is 2.49. The third-order valence-corrected chi connectivity index (χ3v) is 1.84. The standard InChI is InChI=1S/C10H10ClN3O2/c1-6(2)16-10-13-8(12-9(11)14-10)7-4-3-5-15-7/h3-6H,1-2H3. The Balaban J connectivity index is 2.36. The first-order valence-electron chi connectivity index (χ1n) is 4.77. The normalized spacial score (nSPS) is 10.8. The first-order chi connectivity index (χ1) is 7.65. The molecule has 2 aromatic rings. The van der Waals surface area contributed by atoms with Crippen LogP contribution in [0.2, 0.25) is 5.28 Å². The van der Waals surface area contributed by atoms with E-state index in [-0.39, 0.29) is 17.4 Å². The van der Waals surface area contributed by atoms with Gasteiger partial charge in [-0.2, -0.15) is 15.0 Å². The summed E-state index contributed by atoms with van der Waals surface area (Å²) in [6.45, 7) is 3.76. The van der Waals surface area contributed by atoms with Gasteiger partial charge in [0.2, 0.25) is 11.1 Å². The second-order valence-electron chi connectivity index (χ2n) is 3.35. The zero-order valence-electron chi connectivity index (χ0n) is 8.85. The number of rotatable bonds is 3. The van der Waals surface area contributed by atoms with Crippen LogP contribution in [0.15, 0.2) is 22.8 Å². The number of hydrogen-bond acceptors (Lipinski definition) is 5. The van der Waals surface area contributed by atoms with Gasteiger partial charge in [0.15, 0.2) is 5.76 Å². The average molecular weight is 240 g/mol. The number of halogens is 1. The second-order valence-corrected chi connectivity index (χ2v) is 3.69. The summed E-state index contributed by atoms with van der Waals surface area (Å²) >= 11 is 5.77. The highest BCUT2D eigenvalue weighted by Gasteiger charge is 2.11. The molecule has 0 unspecified atom stereocenters. The minimum atomic E-state index is -0.0251. The second kappa shape index (κ2) is 4.49. The van der Waals surface area contributed by atoms with Crippen LogP contribution >= 0.6 is 11.6 Å². The van der Waals surface area contributed by atoms with Gasteiger partial charge in [0.25, 0.3) is 0 Å². The van der Waals surface area contributed by atoms with E-state index in [0.717, 1.165) is 0 Å². The van der Waals surface area contributed by atoms with Gasteiger partial charge in [-0.05, 0) is 37.6 Å². The van der Waals surface area contributed by atoms with Crippen molar-refractivity contribution in [1.82, 2.24) is 15.0 Å². The van der Waals surface area contributed by atoms with Crippen LogP contribution in [-0.4, -0.2) is 21.1 Å². The summed E-state index contributed by atoms with van der Waals surface area (Å²) in [6.07, 6.45) is 1.51. The zero-order valence-corrected chi connectivity index (χ0v) is 9.60. The van der Waals surface area contributed by atoms with Crippen molar-refractivity contribution in [2.45, 2.75) is 20.0 Å². The molecule has 0 amide bonds. The van der Waals surface area contributed by atoms with Gasteiger partial charge in [-0.25, -0.2) is 0 Å². The van der Waals surface area contributed by atoms with E-state index < -0.39 is 0 Å². The van der Waals surface area contributed by atoms with Crippen molar-refractivity contribution in [2.24, 2.45) is 0 Å². The molecule has 6 heteroatoms. The lowest BCUT2D eigenvalue weighted by Crippen LogP contribution is -2.09. The van der Waals surface area contributed by atoms with Gasteiger partial charge in [-0.1, -0.05) is 0 Å². The fraction of sp³-hybridized carbons (Fsp3) is 0.300. The maximum absolute atomic E-state index is 5.77. The van der Waals surface area contributed by atoms with Crippen LogP contribution in [0.5, 0.6) is 6.01 Å². The van der Waals surface area contributed by atoms with Crippen molar-refractivity contribution in [1.29, 1.82) is 0 Å². The van der Waals surface area contributed by atoms with Crippen molar-refractivity contribution in [3.05, 3.63) is 23.7 Å². The maximum Gasteiger partial charge on any atom is 0.321 e. The number of aromatic nitrogens is 3. The van der Waals surface area contributed by atoms with Crippen LogP contribution in [0.1, 0.15) is 13.8 Å². The van der Waals surface area contributed by atoms with E-state index in [1.54, 1.807) is 12.1 Å². The smallest absolute Gasteiger partial charge is 0.321 e. The molecule has 2 heterocycles. The molecule has 0 aromatic carbocycles. The number of ether oxygens (including phenoxy) is 1. The molecule has 0 N–H and O–H groups in total. The van der Waals surface area contributed by atoms with Gasteiger partial charge in [-0.15, -0.1) is 0 Å². The Morgan fingerprint density at radius 2 is 2.12 bits per heavy atom. The molecule has 0 atom stereocenters. The van der Waals surface area contributed by atoms with Crippen LogP contribution in [0.4, 0.5) is 0 Å². The zero-order chi connectivity index (χ0) is 11.5. The minimum absolute atomic E-state index is 0.0251. The van der Waals surface area contributed by atoms with E-state index in [2.05, 4.69) is 15.0 Å². The van der Waals surface area contributed by atoms with Crippen LogP contribution < -0.4 is 4.74 Å². The van der Waals surface area contributed by atoms with Crippen LogP contribution in [-0.2, 0) is 0 Å². The van der Waals surface area contributed by atoms with E-state index in [0.29, 0.717) is 11.6 Å². The van der Waals surface area contributed by atoms with Gasteiger partial charge in [0, 0.05) is 0 Å². The van der Waals surface area contributed by atoms with Crippen molar-refractivity contribution >= 4 is 11.6 Å². The Morgan fingerprint density at radius 1 is 1.31 bits per heavy atom. The molecule has 0 bridgehead atoms. The summed E-state index contributed by atoms with van der Waals surface area (Å²) < 4.78 is 10.5. The van der Waals surface area contributed by atoms with E-state index in [1.165, 1.54) is 6.26 Å². The number of nitrogens with zero attached hydrogens (tertiary/aromatic N) is 3. The monoisotopic (exact) mass is 239 g/mol. The largest absolute Gasteiger partial charge is 0.461 e. The van der Waals surface area contributed by atoms with Gasteiger partial charge in [-0.3, -0.25) is 0 Å². The molecule has 0 saturated carbocycles. The molecule has 0 aliphatic carbocycles. The summed E-state index contributed by atoms with van der Waals surface area (Å²) in [7, 11) is 0. The van der Waals surface area contributed by atoms with Crippen molar-refractivity contribution in [2.75, 3.05) is 0 Å². The molecule has 0 radical (unpaired) electrons. The molecule has 2 rings (SSSR count). The molecule has 0 spiro atoms. The fourth-order valence-electron chi connectivity index (χ4n) is 1.11. The Morgan fingerprint density at radius 3 is 2.75 bits per heavy atom. The molecule has 5 nitrogen and oxygen atoms in total. The summed E-state index contributed by atoms with van der Waals surface area (Å²) in [6, 6.07) is 3.68. The predicted octanol–water partition coefficient (Wildman–Crippen LogP) is 2.57. The molecule has 2 aromatic heterocycles. The Hall–Kier alpha value is -1.62. The summed E-state index contributed by atoms with van der Waals surface area (Å²) in [4.78, 5) is 11.9. The van der Waals surface area contributed by atoms with Crippen molar-refractivity contribution in [3.8, 4) is 17.6 Å².